The Kier molecular flexibility index (Phi) is 3.81. The maximum absolute atomic E-state index is 12.1. The number of hydrogen-bond acceptors (Lipinski definition) is 4. The fourth-order valence-corrected chi connectivity index (χ4v) is 3.55. The van der Waals surface area contributed by atoms with Gasteiger partial charge in [-0.05, 0) is 18.6 Å². The number of hydrogen-bond donors (Lipinski definition) is 1. The lowest BCUT2D eigenvalue weighted by molar-refractivity contribution is 0.182. The van der Waals surface area contributed by atoms with E-state index in [1.807, 2.05) is 0 Å². The third-order valence-electron chi connectivity index (χ3n) is 3.08. The molecule has 17 heavy (non-hydrogen) atoms. The van der Waals surface area contributed by atoms with Crippen LogP contribution in [0.25, 0.3) is 0 Å². The summed E-state index contributed by atoms with van der Waals surface area (Å²) in [6.07, 6.45) is 0.853. The van der Waals surface area contributed by atoms with Crippen molar-refractivity contribution in [1.82, 2.24) is 0 Å². The first-order valence-corrected chi connectivity index (χ1v) is 7.36. The van der Waals surface area contributed by atoms with Gasteiger partial charge in [0.15, 0.2) is 9.84 Å². The maximum Gasteiger partial charge on any atom is 0.179 e. The van der Waals surface area contributed by atoms with Crippen LogP contribution < -0.4 is 5.73 Å². The molecule has 2 unspecified atom stereocenters. The van der Waals surface area contributed by atoms with Gasteiger partial charge in [-0.1, -0.05) is 18.2 Å². The number of rotatable bonds is 4. The van der Waals surface area contributed by atoms with Crippen molar-refractivity contribution in [1.29, 1.82) is 0 Å². The van der Waals surface area contributed by atoms with Crippen LogP contribution in [-0.4, -0.2) is 33.4 Å². The lowest BCUT2D eigenvalue weighted by Gasteiger charge is -2.17. The number of sulfone groups is 1. The lowest BCUT2D eigenvalue weighted by Crippen LogP contribution is -2.37. The van der Waals surface area contributed by atoms with Crippen LogP contribution in [0.2, 0.25) is 0 Å². The first kappa shape index (κ1) is 12.5. The van der Waals surface area contributed by atoms with Crippen LogP contribution >= 0.6 is 0 Å². The average Bonchev–Trinajstić information content (AvgIpc) is 2.83. The van der Waals surface area contributed by atoms with Crippen LogP contribution in [0.1, 0.15) is 6.42 Å². The Morgan fingerprint density at radius 3 is 2.65 bits per heavy atom. The summed E-state index contributed by atoms with van der Waals surface area (Å²) in [5.41, 5.74) is 5.94. The van der Waals surface area contributed by atoms with Crippen molar-refractivity contribution in [3.63, 3.8) is 0 Å². The normalized spacial score (nSPS) is 22.5. The van der Waals surface area contributed by atoms with E-state index in [1.54, 1.807) is 30.3 Å². The molecule has 2 atom stereocenters. The molecule has 1 saturated heterocycles. The van der Waals surface area contributed by atoms with Crippen LogP contribution in [0, 0.1) is 5.92 Å². The fraction of sp³-hybridized carbons (Fsp3) is 0.500. The SMILES string of the molecule is NC(CS(=O)(=O)c1ccccc1)C1CCOC1. The molecule has 1 fully saturated rings. The molecule has 1 aromatic carbocycles. The minimum absolute atomic E-state index is 0.00889. The van der Waals surface area contributed by atoms with Gasteiger partial charge in [-0.3, -0.25) is 0 Å². The molecule has 0 saturated carbocycles. The molecule has 0 radical (unpaired) electrons. The van der Waals surface area contributed by atoms with Gasteiger partial charge in [-0.2, -0.15) is 0 Å². The van der Waals surface area contributed by atoms with Crippen LogP contribution in [0.4, 0.5) is 0 Å². The molecule has 0 spiro atoms. The van der Waals surface area contributed by atoms with Crippen molar-refractivity contribution in [2.45, 2.75) is 17.4 Å². The Morgan fingerprint density at radius 1 is 1.35 bits per heavy atom. The van der Waals surface area contributed by atoms with E-state index >= 15 is 0 Å². The average molecular weight is 255 g/mol. The minimum Gasteiger partial charge on any atom is -0.381 e. The predicted octanol–water partition coefficient (Wildman–Crippen LogP) is 0.824. The van der Waals surface area contributed by atoms with Gasteiger partial charge < -0.3 is 10.5 Å². The quantitative estimate of drug-likeness (QED) is 0.865. The molecule has 94 valence electrons. The summed E-state index contributed by atoms with van der Waals surface area (Å²) in [4.78, 5) is 0.342. The number of ether oxygens (including phenoxy) is 1. The molecule has 1 aliphatic heterocycles. The van der Waals surface area contributed by atoms with Crippen molar-refractivity contribution >= 4 is 9.84 Å². The third kappa shape index (κ3) is 3.06. The Balaban J connectivity index is 2.07. The summed E-state index contributed by atoms with van der Waals surface area (Å²) in [5.74, 6) is 0.152. The molecule has 0 aliphatic carbocycles. The van der Waals surface area contributed by atoms with Crippen molar-refractivity contribution in [2.75, 3.05) is 19.0 Å². The van der Waals surface area contributed by atoms with Gasteiger partial charge in [0.05, 0.1) is 17.3 Å². The highest BCUT2D eigenvalue weighted by atomic mass is 32.2. The van der Waals surface area contributed by atoms with Crippen LogP contribution in [0.15, 0.2) is 35.2 Å². The first-order valence-electron chi connectivity index (χ1n) is 5.71. The second kappa shape index (κ2) is 5.16. The molecule has 0 amide bonds. The highest BCUT2D eigenvalue weighted by molar-refractivity contribution is 7.91. The second-order valence-corrected chi connectivity index (χ2v) is 6.42. The molecule has 1 aromatic rings. The van der Waals surface area contributed by atoms with E-state index in [-0.39, 0.29) is 17.7 Å². The molecule has 4 nitrogen and oxygen atoms in total. The zero-order valence-corrected chi connectivity index (χ0v) is 10.4. The topological polar surface area (TPSA) is 69.4 Å². The largest absolute Gasteiger partial charge is 0.381 e. The zero-order valence-electron chi connectivity index (χ0n) is 9.58. The summed E-state index contributed by atoms with van der Waals surface area (Å²) in [6, 6.07) is 8.10. The zero-order chi connectivity index (χ0) is 12.3. The van der Waals surface area contributed by atoms with Crippen LogP contribution in [-0.2, 0) is 14.6 Å². The molecule has 5 heteroatoms. The smallest absolute Gasteiger partial charge is 0.179 e. The second-order valence-electron chi connectivity index (χ2n) is 4.38. The monoisotopic (exact) mass is 255 g/mol. The van der Waals surface area contributed by atoms with E-state index in [1.165, 1.54) is 0 Å². The Labute approximate surface area is 102 Å². The van der Waals surface area contributed by atoms with Gasteiger partial charge in [0, 0.05) is 18.6 Å². The van der Waals surface area contributed by atoms with Crippen LogP contribution in [0.3, 0.4) is 0 Å². The first-order chi connectivity index (χ1) is 8.09. The van der Waals surface area contributed by atoms with E-state index < -0.39 is 9.84 Å². The van der Waals surface area contributed by atoms with Crippen molar-refractivity contribution in [2.24, 2.45) is 11.7 Å². The van der Waals surface area contributed by atoms with E-state index in [0.717, 1.165) is 6.42 Å². The van der Waals surface area contributed by atoms with Gasteiger partial charge in [0.2, 0.25) is 0 Å². The van der Waals surface area contributed by atoms with Gasteiger partial charge in [-0.15, -0.1) is 0 Å². The lowest BCUT2D eigenvalue weighted by atomic mass is 10.0. The van der Waals surface area contributed by atoms with Gasteiger partial charge in [0.25, 0.3) is 0 Å². The third-order valence-corrected chi connectivity index (χ3v) is 4.90. The maximum atomic E-state index is 12.1. The number of benzene rings is 1. The van der Waals surface area contributed by atoms with Crippen molar-refractivity contribution in [3.05, 3.63) is 30.3 Å². The van der Waals surface area contributed by atoms with Gasteiger partial charge >= 0.3 is 0 Å². The Bertz CT molecular complexity index is 452. The van der Waals surface area contributed by atoms with Crippen LogP contribution in [0.5, 0.6) is 0 Å². The van der Waals surface area contributed by atoms with Gasteiger partial charge in [0.1, 0.15) is 0 Å². The summed E-state index contributed by atoms with van der Waals surface area (Å²) >= 11 is 0. The Hall–Kier alpha value is -0.910. The summed E-state index contributed by atoms with van der Waals surface area (Å²) in [7, 11) is -3.28. The van der Waals surface area contributed by atoms with E-state index in [4.69, 9.17) is 10.5 Å². The highest BCUT2D eigenvalue weighted by Crippen LogP contribution is 2.19. The Morgan fingerprint density at radius 2 is 2.06 bits per heavy atom. The highest BCUT2D eigenvalue weighted by Gasteiger charge is 2.27. The number of nitrogens with two attached hydrogens (primary N) is 1. The van der Waals surface area contributed by atoms with Crippen molar-refractivity contribution < 1.29 is 13.2 Å². The molecule has 0 aromatic heterocycles. The molecule has 2 rings (SSSR count). The van der Waals surface area contributed by atoms with E-state index in [9.17, 15) is 8.42 Å². The standard InChI is InChI=1S/C12H17NO3S/c13-12(10-6-7-16-8-10)9-17(14,15)11-4-2-1-3-5-11/h1-5,10,12H,6-9,13H2. The molecule has 2 N–H and O–H groups in total. The molecule has 1 heterocycles. The summed E-state index contributed by atoms with van der Waals surface area (Å²) in [6.45, 7) is 1.26. The fourth-order valence-electron chi connectivity index (χ4n) is 2.00. The predicted molar refractivity (Wildman–Crippen MR) is 65.4 cm³/mol. The summed E-state index contributed by atoms with van der Waals surface area (Å²) in [5, 5.41) is 0. The molecular formula is C12H17NO3S. The summed E-state index contributed by atoms with van der Waals surface area (Å²) < 4.78 is 29.4. The van der Waals surface area contributed by atoms with E-state index in [0.29, 0.717) is 18.1 Å². The molecule has 0 bridgehead atoms. The molecular weight excluding hydrogens is 238 g/mol. The minimum atomic E-state index is -3.28. The van der Waals surface area contributed by atoms with Gasteiger partial charge in [-0.25, -0.2) is 8.42 Å². The van der Waals surface area contributed by atoms with E-state index in [2.05, 4.69) is 0 Å². The van der Waals surface area contributed by atoms with Crippen molar-refractivity contribution in [3.8, 4) is 0 Å². The molecule has 1 aliphatic rings.